The Morgan fingerprint density at radius 1 is 1.24 bits per heavy atom. The van der Waals surface area contributed by atoms with E-state index in [1.807, 2.05) is 13.8 Å². The highest BCUT2D eigenvalue weighted by Crippen LogP contribution is 2.20. The predicted octanol–water partition coefficient (Wildman–Crippen LogP) is 2.18. The second-order valence-electron chi connectivity index (χ2n) is 4.98. The Bertz CT molecular complexity index is 589. The minimum Gasteiger partial charge on any atom is -0.310 e. The van der Waals surface area contributed by atoms with Crippen LogP contribution in [0.5, 0.6) is 0 Å². The molecule has 0 aliphatic heterocycles. The molecule has 0 aromatic heterocycles. The molecule has 0 heterocycles. The van der Waals surface area contributed by atoms with E-state index in [4.69, 9.17) is 0 Å². The minimum absolute atomic E-state index is 0.0925. The Morgan fingerprint density at radius 3 is 2.38 bits per heavy atom. The largest absolute Gasteiger partial charge is 0.310 e. The molecule has 1 rings (SSSR count). The van der Waals surface area contributed by atoms with Gasteiger partial charge in [0.25, 0.3) is 6.43 Å². The first-order valence-electron chi connectivity index (χ1n) is 6.43. The number of sulfonamides is 1. The smallest absolute Gasteiger partial charge is 0.251 e. The molecule has 120 valence electrons. The molecule has 8 heteroatoms. The van der Waals surface area contributed by atoms with E-state index in [1.165, 1.54) is 19.1 Å². The van der Waals surface area contributed by atoms with Gasteiger partial charge in [0.2, 0.25) is 10.0 Å². The van der Waals surface area contributed by atoms with Gasteiger partial charge in [-0.25, -0.2) is 26.3 Å². The normalized spacial score (nSPS) is 12.4. The molecule has 1 aromatic carbocycles. The maximum atomic E-state index is 13.8. The fraction of sp³-hybridized carbons (Fsp3) is 0.538. The SMILES string of the molecule is Cc1c(F)cc(CNC(C)C)cc1S(=O)(=O)NCC(F)F. The van der Waals surface area contributed by atoms with Crippen LogP contribution in [0.25, 0.3) is 0 Å². The Hall–Kier alpha value is -1.12. The van der Waals surface area contributed by atoms with Crippen molar-refractivity contribution < 1.29 is 21.6 Å². The number of benzene rings is 1. The van der Waals surface area contributed by atoms with Crippen LogP contribution in [0.4, 0.5) is 13.2 Å². The summed E-state index contributed by atoms with van der Waals surface area (Å²) in [4.78, 5) is -0.316. The zero-order chi connectivity index (χ0) is 16.2. The molecule has 0 aliphatic carbocycles. The average molecular weight is 324 g/mol. The number of hydrogen-bond donors (Lipinski definition) is 2. The van der Waals surface area contributed by atoms with E-state index in [0.717, 1.165) is 0 Å². The highest BCUT2D eigenvalue weighted by Gasteiger charge is 2.21. The maximum Gasteiger partial charge on any atom is 0.251 e. The summed E-state index contributed by atoms with van der Waals surface area (Å²) in [6, 6.07) is 2.67. The molecule has 0 amide bonds. The highest BCUT2D eigenvalue weighted by molar-refractivity contribution is 7.89. The van der Waals surface area contributed by atoms with Gasteiger partial charge in [-0.2, -0.15) is 0 Å². The van der Waals surface area contributed by atoms with Crippen LogP contribution in [-0.4, -0.2) is 27.4 Å². The summed E-state index contributed by atoms with van der Waals surface area (Å²) in [5.74, 6) is -0.685. The van der Waals surface area contributed by atoms with Crippen LogP contribution in [0.3, 0.4) is 0 Å². The van der Waals surface area contributed by atoms with Crippen LogP contribution < -0.4 is 10.0 Å². The lowest BCUT2D eigenvalue weighted by molar-refractivity contribution is 0.153. The van der Waals surface area contributed by atoms with E-state index < -0.39 is 28.8 Å². The van der Waals surface area contributed by atoms with Gasteiger partial charge in [0, 0.05) is 18.2 Å². The lowest BCUT2D eigenvalue weighted by atomic mass is 10.1. The van der Waals surface area contributed by atoms with Crippen LogP contribution >= 0.6 is 0 Å². The Kier molecular flexibility index (Phi) is 6.18. The fourth-order valence-corrected chi connectivity index (χ4v) is 2.97. The first-order valence-corrected chi connectivity index (χ1v) is 7.92. The number of alkyl halides is 2. The molecular formula is C13H19F3N2O2S. The van der Waals surface area contributed by atoms with Gasteiger partial charge in [-0.1, -0.05) is 13.8 Å². The summed E-state index contributed by atoms with van der Waals surface area (Å²) >= 11 is 0. The van der Waals surface area contributed by atoms with E-state index in [-0.39, 0.29) is 23.0 Å². The third kappa shape index (κ3) is 5.29. The first kappa shape index (κ1) is 17.9. The Labute approximate surface area is 122 Å². The summed E-state index contributed by atoms with van der Waals surface area (Å²) < 4.78 is 63.8. The van der Waals surface area contributed by atoms with Crippen molar-refractivity contribution in [1.29, 1.82) is 0 Å². The van der Waals surface area contributed by atoms with E-state index >= 15 is 0 Å². The van der Waals surface area contributed by atoms with Gasteiger partial charge < -0.3 is 5.32 Å². The molecule has 0 bridgehead atoms. The van der Waals surface area contributed by atoms with Crippen LogP contribution in [0, 0.1) is 12.7 Å². The van der Waals surface area contributed by atoms with E-state index in [2.05, 4.69) is 5.32 Å². The van der Waals surface area contributed by atoms with Gasteiger partial charge in [0.05, 0.1) is 11.4 Å². The predicted molar refractivity (Wildman–Crippen MR) is 74.3 cm³/mol. The quantitative estimate of drug-likeness (QED) is 0.808. The van der Waals surface area contributed by atoms with Crippen LogP contribution in [0.15, 0.2) is 17.0 Å². The molecule has 0 unspecified atom stereocenters. The molecule has 1 aromatic rings. The number of nitrogens with one attached hydrogen (secondary N) is 2. The lowest BCUT2D eigenvalue weighted by Crippen LogP contribution is -2.29. The first-order chi connectivity index (χ1) is 9.63. The standard InChI is InChI=1S/C13H19F3N2O2S/c1-8(2)17-6-10-4-11(14)9(3)12(5-10)21(19,20)18-7-13(15)16/h4-5,8,13,17-18H,6-7H2,1-3H3. The third-order valence-corrected chi connectivity index (χ3v) is 4.34. The van der Waals surface area contributed by atoms with Gasteiger partial charge in [-0.15, -0.1) is 0 Å². The van der Waals surface area contributed by atoms with E-state index in [1.54, 1.807) is 4.72 Å². The molecule has 21 heavy (non-hydrogen) atoms. The van der Waals surface area contributed by atoms with Gasteiger partial charge in [-0.3, -0.25) is 0 Å². The zero-order valence-corrected chi connectivity index (χ0v) is 12.9. The zero-order valence-electron chi connectivity index (χ0n) is 12.1. The minimum atomic E-state index is -4.17. The highest BCUT2D eigenvalue weighted by atomic mass is 32.2. The van der Waals surface area contributed by atoms with Crippen molar-refractivity contribution in [2.75, 3.05) is 6.54 Å². The molecule has 0 saturated carbocycles. The van der Waals surface area contributed by atoms with Crippen LogP contribution in [0.1, 0.15) is 25.0 Å². The summed E-state index contributed by atoms with van der Waals surface area (Å²) in [6.07, 6.45) is -2.81. The van der Waals surface area contributed by atoms with E-state index in [9.17, 15) is 21.6 Å². The van der Waals surface area contributed by atoms with Crippen molar-refractivity contribution in [3.8, 4) is 0 Å². The lowest BCUT2D eigenvalue weighted by Gasteiger charge is -2.13. The van der Waals surface area contributed by atoms with Gasteiger partial charge >= 0.3 is 0 Å². The van der Waals surface area contributed by atoms with Crippen molar-refractivity contribution in [1.82, 2.24) is 10.0 Å². The van der Waals surface area contributed by atoms with E-state index in [0.29, 0.717) is 5.56 Å². The second-order valence-corrected chi connectivity index (χ2v) is 6.71. The summed E-state index contributed by atoms with van der Waals surface area (Å²) in [5.41, 5.74) is 0.342. The molecule has 0 atom stereocenters. The van der Waals surface area contributed by atoms with Crippen molar-refractivity contribution >= 4 is 10.0 Å². The van der Waals surface area contributed by atoms with Crippen LogP contribution in [-0.2, 0) is 16.6 Å². The number of halogens is 3. The molecule has 4 nitrogen and oxygen atoms in total. The van der Waals surface area contributed by atoms with Gasteiger partial charge in [0.1, 0.15) is 5.82 Å². The van der Waals surface area contributed by atoms with Crippen molar-refractivity contribution in [2.24, 2.45) is 0 Å². The topological polar surface area (TPSA) is 58.2 Å². The van der Waals surface area contributed by atoms with Crippen molar-refractivity contribution in [3.63, 3.8) is 0 Å². The average Bonchev–Trinajstić information content (AvgIpc) is 2.37. The second kappa shape index (κ2) is 7.24. The molecule has 0 saturated heterocycles. The Morgan fingerprint density at radius 2 is 1.86 bits per heavy atom. The molecule has 0 aliphatic rings. The van der Waals surface area contributed by atoms with Crippen molar-refractivity contribution in [3.05, 3.63) is 29.1 Å². The third-order valence-electron chi connectivity index (χ3n) is 2.79. The van der Waals surface area contributed by atoms with Gasteiger partial charge in [0.15, 0.2) is 0 Å². The monoisotopic (exact) mass is 324 g/mol. The summed E-state index contributed by atoms with van der Waals surface area (Å²) in [5, 5.41) is 3.04. The Balaban J connectivity index is 3.10. The maximum absolute atomic E-state index is 13.8. The summed E-state index contributed by atoms with van der Waals surface area (Å²) in [6.45, 7) is 4.37. The molecule has 0 spiro atoms. The molecule has 2 N–H and O–H groups in total. The number of hydrogen-bond acceptors (Lipinski definition) is 3. The van der Waals surface area contributed by atoms with Crippen LogP contribution in [0.2, 0.25) is 0 Å². The molecule has 0 radical (unpaired) electrons. The molecule has 0 fully saturated rings. The molecular weight excluding hydrogens is 305 g/mol. The number of rotatable bonds is 7. The fourth-order valence-electron chi connectivity index (χ4n) is 1.66. The summed E-state index contributed by atoms with van der Waals surface area (Å²) in [7, 11) is -4.17. The van der Waals surface area contributed by atoms with Gasteiger partial charge in [-0.05, 0) is 24.6 Å². The van der Waals surface area contributed by atoms with Crippen molar-refractivity contribution in [2.45, 2.75) is 44.7 Å².